The number of benzene rings is 1. The molecule has 2 aromatic rings. The number of hydrogen-bond acceptors (Lipinski definition) is 4. The third-order valence-electron chi connectivity index (χ3n) is 1.79. The molecule has 0 unspecified atom stereocenters. The van der Waals surface area contributed by atoms with Gasteiger partial charge in [0.05, 0.1) is 0 Å². The normalized spacial score (nSPS) is 10.4. The summed E-state index contributed by atoms with van der Waals surface area (Å²) in [7, 11) is 1.84. The second kappa shape index (κ2) is 4.23. The second-order valence-electron chi connectivity index (χ2n) is 2.86. The van der Waals surface area contributed by atoms with Crippen LogP contribution in [0.5, 0.6) is 0 Å². The molecule has 0 saturated heterocycles. The molecule has 1 heterocycles. The van der Waals surface area contributed by atoms with E-state index in [0.717, 1.165) is 10.9 Å². The van der Waals surface area contributed by atoms with E-state index in [-0.39, 0.29) is 0 Å². The minimum atomic E-state index is 0.842. The summed E-state index contributed by atoms with van der Waals surface area (Å²) >= 11 is 1.63. The molecule has 0 radical (unpaired) electrons. The van der Waals surface area contributed by atoms with Gasteiger partial charge in [-0.25, -0.2) is 4.68 Å². The molecule has 72 valence electrons. The van der Waals surface area contributed by atoms with Crippen molar-refractivity contribution in [3.05, 3.63) is 35.9 Å². The minimum absolute atomic E-state index is 0.842. The van der Waals surface area contributed by atoms with Crippen molar-refractivity contribution in [3.8, 4) is 0 Å². The van der Waals surface area contributed by atoms with Gasteiger partial charge in [-0.15, -0.1) is 5.10 Å². The molecular formula is C9H10N4S. The lowest BCUT2D eigenvalue weighted by atomic mass is 10.2. The first kappa shape index (κ1) is 9.21. The maximum Gasteiger partial charge on any atom is 0.209 e. The van der Waals surface area contributed by atoms with Crippen LogP contribution in [-0.4, -0.2) is 20.2 Å². The maximum atomic E-state index is 3.90. The molecule has 4 nitrogen and oxygen atoms in total. The van der Waals surface area contributed by atoms with Crippen LogP contribution in [0.4, 0.5) is 0 Å². The van der Waals surface area contributed by atoms with E-state index in [4.69, 9.17) is 0 Å². The van der Waals surface area contributed by atoms with Gasteiger partial charge in [0.1, 0.15) is 0 Å². The Morgan fingerprint density at radius 2 is 2.07 bits per heavy atom. The molecule has 0 atom stereocenters. The number of aryl methyl sites for hydroxylation is 1. The van der Waals surface area contributed by atoms with Gasteiger partial charge in [0, 0.05) is 12.8 Å². The predicted octanol–water partition coefficient (Wildman–Crippen LogP) is 1.50. The molecule has 5 heteroatoms. The minimum Gasteiger partial charge on any atom is -0.224 e. The lowest BCUT2D eigenvalue weighted by molar-refractivity contribution is 0.664. The molecule has 1 aromatic carbocycles. The van der Waals surface area contributed by atoms with E-state index in [2.05, 4.69) is 27.7 Å². The second-order valence-corrected chi connectivity index (χ2v) is 3.80. The Bertz CT molecular complexity index is 398. The van der Waals surface area contributed by atoms with Crippen molar-refractivity contribution in [2.75, 3.05) is 0 Å². The van der Waals surface area contributed by atoms with Gasteiger partial charge in [0.2, 0.25) is 5.16 Å². The van der Waals surface area contributed by atoms with Crippen molar-refractivity contribution in [1.82, 2.24) is 20.2 Å². The van der Waals surface area contributed by atoms with Crippen LogP contribution in [0.25, 0.3) is 0 Å². The fraction of sp³-hybridized carbons (Fsp3) is 0.222. The molecule has 0 bridgehead atoms. The van der Waals surface area contributed by atoms with E-state index in [9.17, 15) is 0 Å². The summed E-state index contributed by atoms with van der Waals surface area (Å²) < 4.78 is 1.67. The summed E-state index contributed by atoms with van der Waals surface area (Å²) in [5, 5.41) is 12.1. The monoisotopic (exact) mass is 206 g/mol. The Labute approximate surface area is 86.3 Å². The number of thioether (sulfide) groups is 1. The standard InChI is InChI=1S/C9H10N4S/c1-13-9(10-11-12-13)14-7-8-5-3-2-4-6-8/h2-6H,7H2,1H3. The summed E-state index contributed by atoms with van der Waals surface area (Å²) in [6.45, 7) is 0. The molecule has 2 rings (SSSR count). The lowest BCUT2D eigenvalue weighted by Crippen LogP contribution is -1.93. The smallest absolute Gasteiger partial charge is 0.209 e. The van der Waals surface area contributed by atoms with Gasteiger partial charge in [0.15, 0.2) is 0 Å². The van der Waals surface area contributed by atoms with E-state index in [1.807, 2.05) is 25.2 Å². The van der Waals surface area contributed by atoms with Crippen LogP contribution in [0.15, 0.2) is 35.5 Å². The SMILES string of the molecule is Cn1nnnc1SCc1ccccc1. The summed E-state index contributed by atoms with van der Waals surface area (Å²) in [6.07, 6.45) is 0. The highest BCUT2D eigenvalue weighted by molar-refractivity contribution is 7.98. The van der Waals surface area contributed by atoms with Gasteiger partial charge in [0.25, 0.3) is 0 Å². The molecular weight excluding hydrogens is 196 g/mol. The fourth-order valence-corrected chi connectivity index (χ4v) is 1.87. The molecule has 14 heavy (non-hydrogen) atoms. The zero-order valence-corrected chi connectivity index (χ0v) is 8.61. The zero-order chi connectivity index (χ0) is 9.80. The highest BCUT2D eigenvalue weighted by Gasteiger charge is 2.02. The summed E-state index contributed by atoms with van der Waals surface area (Å²) in [4.78, 5) is 0. The molecule has 0 spiro atoms. The highest BCUT2D eigenvalue weighted by atomic mass is 32.2. The lowest BCUT2D eigenvalue weighted by Gasteiger charge is -1.98. The molecule has 0 N–H and O–H groups in total. The van der Waals surface area contributed by atoms with E-state index in [1.54, 1.807) is 16.4 Å². The molecule has 0 aliphatic carbocycles. The van der Waals surface area contributed by atoms with Crippen molar-refractivity contribution in [1.29, 1.82) is 0 Å². The van der Waals surface area contributed by atoms with Crippen LogP contribution in [0, 0.1) is 0 Å². The van der Waals surface area contributed by atoms with Crippen LogP contribution in [0.1, 0.15) is 5.56 Å². The largest absolute Gasteiger partial charge is 0.224 e. The van der Waals surface area contributed by atoms with Crippen LogP contribution in [0.3, 0.4) is 0 Å². The van der Waals surface area contributed by atoms with Gasteiger partial charge < -0.3 is 0 Å². The number of aromatic nitrogens is 4. The Morgan fingerprint density at radius 3 is 2.71 bits per heavy atom. The van der Waals surface area contributed by atoms with Crippen molar-refractivity contribution in [2.45, 2.75) is 10.9 Å². The van der Waals surface area contributed by atoms with Crippen molar-refractivity contribution < 1.29 is 0 Å². The Balaban J connectivity index is 1.99. The average Bonchev–Trinajstić information content (AvgIpc) is 2.63. The third-order valence-corrected chi connectivity index (χ3v) is 2.87. The summed E-state index contributed by atoms with van der Waals surface area (Å²) in [6, 6.07) is 10.3. The van der Waals surface area contributed by atoms with E-state index >= 15 is 0 Å². The van der Waals surface area contributed by atoms with Gasteiger partial charge in [-0.3, -0.25) is 0 Å². The Hall–Kier alpha value is -1.36. The molecule has 0 aliphatic heterocycles. The Kier molecular flexibility index (Phi) is 2.78. The Morgan fingerprint density at radius 1 is 1.29 bits per heavy atom. The first-order chi connectivity index (χ1) is 6.86. The molecule has 0 amide bonds. The van der Waals surface area contributed by atoms with Crippen LogP contribution in [0.2, 0.25) is 0 Å². The number of rotatable bonds is 3. The van der Waals surface area contributed by atoms with Gasteiger partial charge in [-0.05, 0) is 16.0 Å². The maximum absolute atomic E-state index is 3.90. The number of hydrogen-bond donors (Lipinski definition) is 0. The molecule has 0 fully saturated rings. The summed E-state index contributed by atoms with van der Waals surface area (Å²) in [5.74, 6) is 0.898. The van der Waals surface area contributed by atoms with Gasteiger partial charge >= 0.3 is 0 Å². The van der Waals surface area contributed by atoms with E-state index in [0.29, 0.717) is 0 Å². The first-order valence-corrected chi connectivity index (χ1v) is 5.24. The number of tetrazole rings is 1. The highest BCUT2D eigenvalue weighted by Crippen LogP contribution is 2.18. The molecule has 0 aliphatic rings. The summed E-state index contributed by atoms with van der Waals surface area (Å²) in [5.41, 5.74) is 1.28. The van der Waals surface area contributed by atoms with Crippen LogP contribution in [-0.2, 0) is 12.8 Å². The van der Waals surface area contributed by atoms with Gasteiger partial charge in [-0.1, -0.05) is 42.1 Å². The van der Waals surface area contributed by atoms with E-state index in [1.165, 1.54) is 5.56 Å². The predicted molar refractivity (Wildman–Crippen MR) is 54.8 cm³/mol. The first-order valence-electron chi connectivity index (χ1n) is 4.25. The molecule has 1 aromatic heterocycles. The van der Waals surface area contributed by atoms with Crippen LogP contribution >= 0.6 is 11.8 Å². The van der Waals surface area contributed by atoms with Crippen molar-refractivity contribution in [2.24, 2.45) is 7.05 Å². The quantitative estimate of drug-likeness (QED) is 0.714. The zero-order valence-electron chi connectivity index (χ0n) is 7.79. The molecule has 0 saturated carbocycles. The average molecular weight is 206 g/mol. The van der Waals surface area contributed by atoms with E-state index < -0.39 is 0 Å². The fourth-order valence-electron chi connectivity index (χ4n) is 1.07. The van der Waals surface area contributed by atoms with Gasteiger partial charge in [-0.2, -0.15) is 0 Å². The number of nitrogens with zero attached hydrogens (tertiary/aromatic N) is 4. The van der Waals surface area contributed by atoms with Crippen molar-refractivity contribution in [3.63, 3.8) is 0 Å². The van der Waals surface area contributed by atoms with Crippen LogP contribution < -0.4 is 0 Å². The topological polar surface area (TPSA) is 43.6 Å². The van der Waals surface area contributed by atoms with Crippen molar-refractivity contribution >= 4 is 11.8 Å². The third kappa shape index (κ3) is 2.11.